The Hall–Kier alpha value is -3.32. The molecule has 0 bridgehead atoms. The molecule has 0 aliphatic carbocycles. The Balaban J connectivity index is 1.59. The summed E-state index contributed by atoms with van der Waals surface area (Å²) >= 11 is 1.60. The van der Waals surface area contributed by atoms with E-state index in [1.807, 2.05) is 36.6 Å². The van der Waals surface area contributed by atoms with E-state index in [9.17, 15) is 4.79 Å². The minimum Gasteiger partial charge on any atom is -0.493 e. The first kappa shape index (κ1) is 20.4. The number of nitrogens with one attached hydrogen (secondary N) is 1. The van der Waals surface area contributed by atoms with E-state index >= 15 is 0 Å². The predicted molar refractivity (Wildman–Crippen MR) is 115 cm³/mol. The molecule has 1 aromatic heterocycles. The highest BCUT2D eigenvalue weighted by molar-refractivity contribution is 7.09. The zero-order valence-electron chi connectivity index (χ0n) is 16.5. The van der Waals surface area contributed by atoms with Crippen molar-refractivity contribution >= 4 is 29.0 Å². The maximum atomic E-state index is 12.2. The van der Waals surface area contributed by atoms with Crippen molar-refractivity contribution in [1.82, 2.24) is 4.98 Å². The number of aryl methyl sites for hydroxylation is 1. The van der Waals surface area contributed by atoms with Crippen molar-refractivity contribution in [2.75, 3.05) is 19.5 Å². The van der Waals surface area contributed by atoms with Gasteiger partial charge in [-0.1, -0.05) is 12.1 Å². The Morgan fingerprint density at radius 2 is 1.97 bits per heavy atom. The molecule has 0 fully saturated rings. The Bertz CT molecular complexity index is 1010. The molecule has 3 aromatic rings. The van der Waals surface area contributed by atoms with E-state index in [-0.39, 0.29) is 5.91 Å². The van der Waals surface area contributed by atoms with Crippen LogP contribution >= 0.6 is 11.3 Å². The first-order valence-electron chi connectivity index (χ1n) is 8.92. The van der Waals surface area contributed by atoms with Crippen LogP contribution in [0, 0.1) is 6.92 Å². The van der Waals surface area contributed by atoms with E-state index in [2.05, 4.69) is 10.3 Å². The van der Waals surface area contributed by atoms with Crippen LogP contribution in [0.5, 0.6) is 17.2 Å². The van der Waals surface area contributed by atoms with Gasteiger partial charge in [-0.2, -0.15) is 0 Å². The number of anilines is 1. The van der Waals surface area contributed by atoms with Crippen molar-refractivity contribution in [3.05, 3.63) is 70.2 Å². The molecule has 7 heteroatoms. The van der Waals surface area contributed by atoms with Crippen molar-refractivity contribution in [2.45, 2.75) is 13.5 Å². The minimum absolute atomic E-state index is 0.249. The summed E-state index contributed by atoms with van der Waals surface area (Å²) in [6.45, 7) is 2.38. The molecule has 0 spiro atoms. The van der Waals surface area contributed by atoms with Crippen LogP contribution in [0.1, 0.15) is 16.3 Å². The molecule has 6 nitrogen and oxygen atoms in total. The van der Waals surface area contributed by atoms with Gasteiger partial charge in [-0.25, -0.2) is 4.98 Å². The monoisotopic (exact) mass is 410 g/mol. The lowest BCUT2D eigenvalue weighted by Gasteiger charge is -2.09. The molecule has 1 heterocycles. The molecule has 0 radical (unpaired) electrons. The number of methoxy groups -OCH3 is 2. The molecule has 29 heavy (non-hydrogen) atoms. The number of ether oxygens (including phenoxy) is 3. The summed E-state index contributed by atoms with van der Waals surface area (Å²) in [5, 5.41) is 5.80. The van der Waals surface area contributed by atoms with Crippen molar-refractivity contribution in [1.29, 1.82) is 0 Å². The van der Waals surface area contributed by atoms with Crippen LogP contribution in [-0.2, 0) is 11.4 Å². The molecule has 0 atom stereocenters. The number of carbonyl (C=O) groups is 1. The van der Waals surface area contributed by atoms with Gasteiger partial charge in [-0.05, 0) is 42.8 Å². The molecule has 150 valence electrons. The first-order valence-corrected chi connectivity index (χ1v) is 9.80. The van der Waals surface area contributed by atoms with Gasteiger partial charge in [-0.3, -0.25) is 4.79 Å². The fourth-order valence-electron chi connectivity index (χ4n) is 2.61. The smallest absolute Gasteiger partial charge is 0.248 e. The molecule has 1 N–H and O–H groups in total. The molecule has 0 unspecified atom stereocenters. The summed E-state index contributed by atoms with van der Waals surface area (Å²) in [5.41, 5.74) is 2.38. The maximum Gasteiger partial charge on any atom is 0.248 e. The number of aromatic nitrogens is 1. The van der Waals surface area contributed by atoms with Crippen molar-refractivity contribution in [3.8, 4) is 17.2 Å². The maximum absolute atomic E-state index is 12.2. The summed E-state index contributed by atoms with van der Waals surface area (Å²) in [7, 11) is 3.11. The Labute approximate surface area is 173 Å². The van der Waals surface area contributed by atoms with Crippen LogP contribution in [-0.4, -0.2) is 25.1 Å². The highest BCUT2D eigenvalue weighted by Crippen LogP contribution is 2.29. The van der Waals surface area contributed by atoms with Gasteiger partial charge in [0.25, 0.3) is 0 Å². The first-order chi connectivity index (χ1) is 14.1. The summed E-state index contributed by atoms with van der Waals surface area (Å²) in [6, 6.07) is 12.7. The highest BCUT2D eigenvalue weighted by atomic mass is 32.1. The van der Waals surface area contributed by atoms with E-state index in [1.165, 1.54) is 6.08 Å². The summed E-state index contributed by atoms with van der Waals surface area (Å²) in [6.07, 6.45) is 3.20. The second kappa shape index (κ2) is 9.75. The Morgan fingerprint density at radius 3 is 2.69 bits per heavy atom. The number of hydrogen-bond acceptors (Lipinski definition) is 6. The fraction of sp³-hybridized carbons (Fsp3) is 0.182. The van der Waals surface area contributed by atoms with Crippen LogP contribution in [0.15, 0.2) is 53.9 Å². The van der Waals surface area contributed by atoms with Gasteiger partial charge in [0.1, 0.15) is 12.4 Å². The molecule has 3 rings (SSSR count). The van der Waals surface area contributed by atoms with Crippen molar-refractivity contribution in [2.24, 2.45) is 0 Å². The number of rotatable bonds is 8. The third-order valence-electron chi connectivity index (χ3n) is 3.99. The second-order valence-corrected chi connectivity index (χ2v) is 7.17. The standard InChI is InChI=1S/C22H22N2O4S/c1-15-23-18(14-29-15)13-28-19-6-4-5-16(11-19)7-10-22(25)24-17-8-9-20(26-2)21(12-17)27-3/h4-12,14H,13H2,1-3H3,(H,24,25)/b10-7+. The molecular formula is C22H22N2O4S. The topological polar surface area (TPSA) is 69.7 Å². The SMILES string of the molecule is COc1ccc(NC(=O)/C=C/c2cccc(OCc3csc(C)n3)c2)cc1OC. The van der Waals surface area contributed by atoms with Gasteiger partial charge in [0.05, 0.1) is 24.9 Å². The van der Waals surface area contributed by atoms with E-state index < -0.39 is 0 Å². The van der Waals surface area contributed by atoms with Crippen LogP contribution in [0.3, 0.4) is 0 Å². The lowest BCUT2D eigenvalue weighted by atomic mass is 10.2. The number of thiazole rings is 1. The number of carbonyl (C=O) groups excluding carboxylic acids is 1. The number of nitrogens with zero attached hydrogens (tertiary/aromatic N) is 1. The quantitative estimate of drug-likeness (QED) is 0.545. The molecule has 0 aliphatic rings. The summed E-state index contributed by atoms with van der Waals surface area (Å²) in [5.74, 6) is 1.62. The molecule has 0 saturated carbocycles. The average Bonchev–Trinajstić information content (AvgIpc) is 3.16. The van der Waals surface area contributed by atoms with Crippen molar-refractivity contribution in [3.63, 3.8) is 0 Å². The number of benzene rings is 2. The van der Waals surface area contributed by atoms with Gasteiger partial charge < -0.3 is 19.5 Å². The molecule has 0 aliphatic heterocycles. The third kappa shape index (κ3) is 5.83. The lowest BCUT2D eigenvalue weighted by molar-refractivity contribution is -0.111. The fourth-order valence-corrected chi connectivity index (χ4v) is 3.21. The lowest BCUT2D eigenvalue weighted by Crippen LogP contribution is -2.08. The van der Waals surface area contributed by atoms with Gasteiger partial charge in [-0.15, -0.1) is 11.3 Å². The van der Waals surface area contributed by atoms with Crippen LogP contribution < -0.4 is 19.5 Å². The second-order valence-electron chi connectivity index (χ2n) is 6.11. The average molecular weight is 410 g/mol. The Morgan fingerprint density at radius 1 is 1.14 bits per heavy atom. The van der Waals surface area contributed by atoms with Crippen LogP contribution in [0.25, 0.3) is 6.08 Å². The van der Waals surface area contributed by atoms with E-state index in [4.69, 9.17) is 14.2 Å². The molecular weight excluding hydrogens is 388 g/mol. The highest BCUT2D eigenvalue weighted by Gasteiger charge is 2.06. The zero-order valence-corrected chi connectivity index (χ0v) is 17.3. The number of amides is 1. The predicted octanol–water partition coefficient (Wildman–Crippen LogP) is 4.70. The van der Waals surface area contributed by atoms with Crippen LogP contribution in [0.4, 0.5) is 5.69 Å². The van der Waals surface area contributed by atoms with Gasteiger partial charge in [0.15, 0.2) is 11.5 Å². The Kier molecular flexibility index (Phi) is 6.86. The van der Waals surface area contributed by atoms with E-state index in [1.54, 1.807) is 49.8 Å². The minimum atomic E-state index is -0.249. The van der Waals surface area contributed by atoms with E-state index in [0.717, 1.165) is 22.0 Å². The largest absolute Gasteiger partial charge is 0.493 e. The van der Waals surface area contributed by atoms with Gasteiger partial charge in [0, 0.05) is 23.2 Å². The van der Waals surface area contributed by atoms with E-state index in [0.29, 0.717) is 23.8 Å². The van der Waals surface area contributed by atoms with Crippen LogP contribution in [0.2, 0.25) is 0 Å². The van der Waals surface area contributed by atoms with Gasteiger partial charge in [0.2, 0.25) is 5.91 Å². The third-order valence-corrected chi connectivity index (χ3v) is 4.81. The summed E-state index contributed by atoms with van der Waals surface area (Å²) < 4.78 is 16.2. The molecule has 2 aromatic carbocycles. The van der Waals surface area contributed by atoms with Gasteiger partial charge >= 0.3 is 0 Å². The number of hydrogen-bond donors (Lipinski definition) is 1. The summed E-state index contributed by atoms with van der Waals surface area (Å²) in [4.78, 5) is 16.6. The molecule has 0 saturated heterocycles. The zero-order chi connectivity index (χ0) is 20.6. The molecule has 1 amide bonds. The normalized spacial score (nSPS) is 10.7. The van der Waals surface area contributed by atoms with Crippen molar-refractivity contribution < 1.29 is 19.0 Å².